The second kappa shape index (κ2) is 10.4. The molecule has 0 aromatic heterocycles. The highest BCUT2D eigenvalue weighted by Gasteiger charge is 2.17. The number of para-hydroxylation sites is 1. The molecule has 0 bridgehead atoms. The molecule has 1 heterocycles. The molecule has 1 N–H and O–H groups in total. The van der Waals surface area contributed by atoms with Crippen LogP contribution in [0.25, 0.3) is 0 Å². The zero-order valence-electron chi connectivity index (χ0n) is 17.8. The molecule has 1 aliphatic heterocycles. The first kappa shape index (κ1) is 21.3. The molecule has 1 aliphatic rings. The molecule has 29 heavy (non-hydrogen) atoms. The first-order valence-electron chi connectivity index (χ1n) is 10.5. The number of oxime groups is 1. The number of hydrogen-bond acceptors (Lipinski definition) is 5. The van der Waals surface area contributed by atoms with E-state index in [1.165, 1.54) is 11.1 Å². The van der Waals surface area contributed by atoms with Crippen LogP contribution in [0.5, 0.6) is 5.75 Å². The van der Waals surface area contributed by atoms with Crippen LogP contribution < -0.4 is 4.74 Å². The smallest absolute Gasteiger partial charge is 0.122 e. The van der Waals surface area contributed by atoms with Crippen LogP contribution in [0.2, 0.25) is 0 Å². The van der Waals surface area contributed by atoms with E-state index in [9.17, 15) is 5.21 Å². The highest BCUT2D eigenvalue weighted by atomic mass is 16.5. The summed E-state index contributed by atoms with van der Waals surface area (Å²) in [6.07, 6.45) is 2.06. The predicted octanol–water partition coefficient (Wildman–Crippen LogP) is 3.68. The summed E-state index contributed by atoms with van der Waals surface area (Å²) in [5, 5.41) is 13.1. The molecule has 156 valence electrons. The van der Waals surface area contributed by atoms with E-state index in [2.05, 4.69) is 72.2 Å². The van der Waals surface area contributed by atoms with Crippen molar-refractivity contribution in [3.63, 3.8) is 0 Å². The van der Waals surface area contributed by atoms with Crippen molar-refractivity contribution in [2.75, 3.05) is 39.8 Å². The van der Waals surface area contributed by atoms with Gasteiger partial charge in [-0.05, 0) is 50.9 Å². The summed E-state index contributed by atoms with van der Waals surface area (Å²) < 4.78 is 5.93. The highest BCUT2D eigenvalue weighted by Crippen LogP contribution is 2.21. The van der Waals surface area contributed by atoms with Crippen molar-refractivity contribution < 1.29 is 9.94 Å². The molecule has 5 nitrogen and oxygen atoms in total. The minimum atomic E-state index is 0.173. The zero-order chi connectivity index (χ0) is 20.6. The normalized spacial score (nSPS) is 16.3. The van der Waals surface area contributed by atoms with Gasteiger partial charge in [0.15, 0.2) is 0 Å². The van der Waals surface area contributed by atoms with E-state index in [-0.39, 0.29) is 6.10 Å². The molecule has 1 fully saturated rings. The molecule has 2 aromatic carbocycles. The first-order valence-corrected chi connectivity index (χ1v) is 10.5. The molecule has 0 spiro atoms. The van der Waals surface area contributed by atoms with Gasteiger partial charge in [0, 0.05) is 38.3 Å². The lowest BCUT2D eigenvalue weighted by atomic mass is 10.0. The topological polar surface area (TPSA) is 48.3 Å². The van der Waals surface area contributed by atoms with Crippen molar-refractivity contribution in [3.8, 4) is 5.75 Å². The van der Waals surface area contributed by atoms with Crippen LogP contribution in [0.4, 0.5) is 0 Å². The number of rotatable bonds is 8. The van der Waals surface area contributed by atoms with Crippen molar-refractivity contribution in [2.45, 2.75) is 32.8 Å². The molecule has 0 unspecified atom stereocenters. The van der Waals surface area contributed by atoms with E-state index in [1.54, 1.807) is 0 Å². The summed E-state index contributed by atoms with van der Waals surface area (Å²) in [6.45, 7) is 8.91. The Balaban J connectivity index is 1.58. The fraction of sp³-hybridized carbons (Fsp3) is 0.458. The van der Waals surface area contributed by atoms with Crippen LogP contribution in [0.15, 0.2) is 53.7 Å². The Hall–Kier alpha value is -2.37. The molecule has 0 aliphatic carbocycles. The van der Waals surface area contributed by atoms with Gasteiger partial charge in [-0.3, -0.25) is 4.90 Å². The predicted molar refractivity (Wildman–Crippen MR) is 118 cm³/mol. The Morgan fingerprint density at radius 1 is 1.00 bits per heavy atom. The maximum atomic E-state index is 9.52. The third-order valence-corrected chi connectivity index (χ3v) is 5.40. The largest absolute Gasteiger partial charge is 0.491 e. The summed E-state index contributed by atoms with van der Waals surface area (Å²) in [5.41, 5.74) is 4.22. The third kappa shape index (κ3) is 6.31. The molecule has 5 heteroatoms. The molecular formula is C24H33N3O2. The van der Waals surface area contributed by atoms with Crippen molar-refractivity contribution in [1.29, 1.82) is 0 Å². The van der Waals surface area contributed by atoms with Crippen molar-refractivity contribution >= 4 is 5.71 Å². The summed E-state index contributed by atoms with van der Waals surface area (Å²) in [6, 6.07) is 16.7. The van der Waals surface area contributed by atoms with Gasteiger partial charge >= 0.3 is 0 Å². The van der Waals surface area contributed by atoms with Gasteiger partial charge in [-0.2, -0.15) is 0 Å². The second-order valence-electron chi connectivity index (χ2n) is 8.10. The summed E-state index contributed by atoms with van der Waals surface area (Å²) in [7, 11) is 2.14. The number of ether oxygens (including phenoxy) is 1. The van der Waals surface area contributed by atoms with Crippen LogP contribution in [0, 0.1) is 0 Å². The van der Waals surface area contributed by atoms with E-state index in [1.807, 2.05) is 12.1 Å². The number of likely N-dealkylation sites (N-methyl/N-ethyl adjacent to an activating group) is 1. The Morgan fingerprint density at radius 3 is 2.34 bits per heavy atom. The van der Waals surface area contributed by atoms with Gasteiger partial charge in [-0.15, -0.1) is 0 Å². The lowest BCUT2D eigenvalue weighted by Crippen LogP contribution is -2.46. The number of nitrogens with zero attached hydrogens (tertiary/aromatic N) is 3. The molecular weight excluding hydrogens is 362 g/mol. The molecule has 0 radical (unpaired) electrons. The van der Waals surface area contributed by atoms with Gasteiger partial charge in [0.2, 0.25) is 0 Å². The van der Waals surface area contributed by atoms with Gasteiger partial charge in [0.05, 0.1) is 6.10 Å². The van der Waals surface area contributed by atoms with Crippen molar-refractivity contribution in [3.05, 3.63) is 65.2 Å². The maximum absolute atomic E-state index is 9.52. The highest BCUT2D eigenvalue weighted by molar-refractivity contribution is 6.01. The average Bonchev–Trinajstić information content (AvgIpc) is 2.73. The summed E-state index contributed by atoms with van der Waals surface area (Å²) in [5.74, 6) is 0.973. The first-order chi connectivity index (χ1) is 14.0. The number of hydrogen-bond donors (Lipinski definition) is 1. The molecule has 0 atom stereocenters. The van der Waals surface area contributed by atoms with Crippen molar-refractivity contribution in [2.24, 2.45) is 5.16 Å². The van der Waals surface area contributed by atoms with Crippen LogP contribution in [0.3, 0.4) is 0 Å². The van der Waals surface area contributed by atoms with E-state index >= 15 is 0 Å². The zero-order valence-corrected chi connectivity index (χ0v) is 17.8. The van der Waals surface area contributed by atoms with Gasteiger partial charge in [-0.1, -0.05) is 47.6 Å². The minimum Gasteiger partial charge on any atom is -0.491 e. The lowest BCUT2D eigenvalue weighted by Gasteiger charge is -2.32. The van der Waals surface area contributed by atoms with E-state index in [4.69, 9.17) is 4.74 Å². The maximum Gasteiger partial charge on any atom is 0.122 e. The van der Waals surface area contributed by atoms with Crippen LogP contribution in [0.1, 0.15) is 30.5 Å². The van der Waals surface area contributed by atoms with E-state index in [0.717, 1.165) is 56.0 Å². The van der Waals surface area contributed by atoms with Gasteiger partial charge < -0.3 is 14.8 Å². The molecule has 2 aromatic rings. The van der Waals surface area contributed by atoms with Crippen LogP contribution in [-0.2, 0) is 12.8 Å². The fourth-order valence-electron chi connectivity index (χ4n) is 3.62. The van der Waals surface area contributed by atoms with Gasteiger partial charge in [0.1, 0.15) is 11.5 Å². The number of piperazine rings is 1. The summed E-state index contributed by atoms with van der Waals surface area (Å²) >= 11 is 0. The Labute approximate surface area is 174 Å². The summed E-state index contributed by atoms with van der Waals surface area (Å²) in [4.78, 5) is 4.67. The lowest BCUT2D eigenvalue weighted by molar-refractivity contribution is 0.169. The molecule has 0 saturated carbocycles. The second-order valence-corrected chi connectivity index (χ2v) is 8.10. The van der Waals surface area contributed by atoms with Crippen LogP contribution in [-0.4, -0.2) is 66.6 Å². The van der Waals surface area contributed by atoms with Crippen LogP contribution >= 0.6 is 0 Å². The number of aryl methyl sites for hydroxylation is 2. The molecule has 1 saturated heterocycles. The Morgan fingerprint density at radius 2 is 1.69 bits per heavy atom. The Bertz CT molecular complexity index is 794. The van der Waals surface area contributed by atoms with Gasteiger partial charge in [0.25, 0.3) is 0 Å². The minimum absolute atomic E-state index is 0.173. The quantitative estimate of drug-likeness (QED) is 0.421. The van der Waals surface area contributed by atoms with E-state index in [0.29, 0.717) is 6.54 Å². The standard InChI is InChI=1S/C24H33N3O2/c1-19(2)29-24-7-5-4-6-22(24)13-10-20-8-11-21(12-9-20)23(25-28)18-27-16-14-26(3)15-17-27/h4-9,11-12,19,28H,10,13-18H2,1-3H3. The van der Waals surface area contributed by atoms with Crippen molar-refractivity contribution in [1.82, 2.24) is 9.80 Å². The molecule has 3 rings (SSSR count). The molecule has 0 amide bonds. The Kier molecular flexibility index (Phi) is 7.67. The average molecular weight is 396 g/mol. The van der Waals surface area contributed by atoms with Gasteiger partial charge in [-0.25, -0.2) is 0 Å². The SMILES string of the molecule is CC(C)Oc1ccccc1CCc1ccc(C(CN2CCN(C)CC2)=NO)cc1. The number of benzene rings is 2. The fourth-order valence-corrected chi connectivity index (χ4v) is 3.62. The van der Waals surface area contributed by atoms with E-state index < -0.39 is 0 Å². The monoisotopic (exact) mass is 395 g/mol. The third-order valence-electron chi connectivity index (χ3n) is 5.40.